The van der Waals surface area contributed by atoms with Gasteiger partial charge in [-0.25, -0.2) is 0 Å². The van der Waals surface area contributed by atoms with Gasteiger partial charge in [-0.1, -0.05) is 6.92 Å². The predicted octanol–water partition coefficient (Wildman–Crippen LogP) is 0.536. The van der Waals surface area contributed by atoms with E-state index in [0.717, 1.165) is 6.42 Å². The molecule has 14 heavy (non-hydrogen) atoms. The summed E-state index contributed by atoms with van der Waals surface area (Å²) in [6, 6.07) is 1.86. The fourth-order valence-corrected chi connectivity index (χ4v) is 1.63. The average Bonchev–Trinajstić information content (AvgIpc) is 2.74. The van der Waals surface area contributed by atoms with Gasteiger partial charge < -0.3 is 9.64 Å². The van der Waals surface area contributed by atoms with Crippen molar-refractivity contribution in [3.63, 3.8) is 0 Å². The standard InChI is InChI=1S/C10H14N2O2/c1-7-4-9(7)14-8-5-12(6-8)10(13)2-3-11/h7-9H,2,4-6H2,1H3/t7?,9-/m0/s1. The first-order valence-corrected chi connectivity index (χ1v) is 5.01. The van der Waals surface area contributed by atoms with Gasteiger partial charge in [-0.05, 0) is 12.3 Å². The van der Waals surface area contributed by atoms with Gasteiger partial charge in [-0.2, -0.15) is 5.26 Å². The second-order valence-corrected chi connectivity index (χ2v) is 4.14. The number of amides is 1. The fraction of sp³-hybridized carbons (Fsp3) is 0.800. The molecular formula is C10H14N2O2. The predicted molar refractivity (Wildman–Crippen MR) is 49.3 cm³/mol. The Hall–Kier alpha value is -1.08. The lowest BCUT2D eigenvalue weighted by molar-refractivity contribution is -0.145. The molecule has 1 aliphatic carbocycles. The molecule has 1 saturated carbocycles. The molecule has 2 fully saturated rings. The van der Waals surface area contributed by atoms with Crippen LogP contribution in [0.2, 0.25) is 0 Å². The molecule has 2 aliphatic rings. The zero-order valence-electron chi connectivity index (χ0n) is 8.27. The van der Waals surface area contributed by atoms with Gasteiger partial charge in [0.15, 0.2) is 0 Å². The summed E-state index contributed by atoms with van der Waals surface area (Å²) in [4.78, 5) is 12.9. The van der Waals surface area contributed by atoms with Gasteiger partial charge in [0.05, 0.1) is 18.3 Å². The first-order chi connectivity index (χ1) is 6.70. The van der Waals surface area contributed by atoms with Crippen LogP contribution in [0.5, 0.6) is 0 Å². The van der Waals surface area contributed by atoms with Crippen LogP contribution in [-0.2, 0) is 9.53 Å². The molecule has 1 amide bonds. The summed E-state index contributed by atoms with van der Waals surface area (Å²) in [7, 11) is 0. The lowest BCUT2D eigenvalue weighted by Crippen LogP contribution is -2.54. The molecule has 1 heterocycles. The third-order valence-electron chi connectivity index (χ3n) is 2.83. The zero-order chi connectivity index (χ0) is 10.1. The van der Waals surface area contributed by atoms with E-state index in [4.69, 9.17) is 10.00 Å². The molecule has 76 valence electrons. The summed E-state index contributed by atoms with van der Waals surface area (Å²) in [5.41, 5.74) is 0. The number of likely N-dealkylation sites (tertiary alicyclic amines) is 1. The second kappa shape index (κ2) is 3.58. The van der Waals surface area contributed by atoms with Gasteiger partial charge in [0.25, 0.3) is 0 Å². The van der Waals surface area contributed by atoms with Crippen molar-refractivity contribution in [2.45, 2.75) is 32.0 Å². The Bertz CT molecular complexity index is 278. The molecule has 2 atom stereocenters. The summed E-state index contributed by atoms with van der Waals surface area (Å²) in [6.45, 7) is 3.51. The first kappa shape index (κ1) is 9.47. The lowest BCUT2D eigenvalue weighted by Gasteiger charge is -2.38. The maximum absolute atomic E-state index is 11.2. The van der Waals surface area contributed by atoms with Crippen LogP contribution in [0.15, 0.2) is 0 Å². The van der Waals surface area contributed by atoms with E-state index in [2.05, 4.69) is 6.92 Å². The minimum absolute atomic E-state index is 0.00739. The Kier molecular flexibility index (Phi) is 2.42. The highest BCUT2D eigenvalue weighted by Gasteiger charge is 2.40. The Labute approximate surface area is 83.4 Å². The van der Waals surface area contributed by atoms with Crippen LogP contribution in [0, 0.1) is 17.2 Å². The summed E-state index contributed by atoms with van der Waals surface area (Å²) < 4.78 is 5.69. The summed E-state index contributed by atoms with van der Waals surface area (Å²) in [6.07, 6.45) is 1.79. The van der Waals surface area contributed by atoms with Crippen LogP contribution in [0.4, 0.5) is 0 Å². The first-order valence-electron chi connectivity index (χ1n) is 5.01. The van der Waals surface area contributed by atoms with Gasteiger partial charge in [0, 0.05) is 13.1 Å². The Morgan fingerprint density at radius 3 is 2.79 bits per heavy atom. The van der Waals surface area contributed by atoms with Crippen molar-refractivity contribution < 1.29 is 9.53 Å². The van der Waals surface area contributed by atoms with E-state index in [1.54, 1.807) is 4.90 Å². The van der Waals surface area contributed by atoms with Crippen LogP contribution in [0.3, 0.4) is 0 Å². The highest BCUT2D eigenvalue weighted by atomic mass is 16.5. The van der Waals surface area contributed by atoms with Crippen molar-refractivity contribution in [1.82, 2.24) is 4.90 Å². The number of carbonyl (C=O) groups is 1. The number of hydrogen-bond donors (Lipinski definition) is 0. The summed E-state index contributed by atoms with van der Waals surface area (Å²) >= 11 is 0. The van der Waals surface area contributed by atoms with E-state index >= 15 is 0 Å². The maximum Gasteiger partial charge on any atom is 0.236 e. The summed E-state index contributed by atoms with van der Waals surface area (Å²) in [5, 5.41) is 8.33. The third-order valence-corrected chi connectivity index (χ3v) is 2.83. The zero-order valence-corrected chi connectivity index (χ0v) is 8.27. The molecular weight excluding hydrogens is 180 g/mol. The third kappa shape index (κ3) is 1.88. The van der Waals surface area contributed by atoms with Gasteiger partial charge in [0.2, 0.25) is 5.91 Å². The van der Waals surface area contributed by atoms with E-state index in [1.165, 1.54) is 0 Å². The van der Waals surface area contributed by atoms with Gasteiger partial charge in [0.1, 0.15) is 6.42 Å². The number of hydrogen-bond acceptors (Lipinski definition) is 3. The highest BCUT2D eigenvalue weighted by Crippen LogP contribution is 2.35. The lowest BCUT2D eigenvalue weighted by atomic mass is 10.1. The molecule has 0 N–H and O–H groups in total. The van der Waals surface area contributed by atoms with Crippen LogP contribution in [0.25, 0.3) is 0 Å². The number of rotatable bonds is 3. The average molecular weight is 194 g/mol. The Morgan fingerprint density at radius 1 is 1.64 bits per heavy atom. The van der Waals surface area contributed by atoms with E-state index in [9.17, 15) is 4.79 Å². The Morgan fingerprint density at radius 2 is 2.29 bits per heavy atom. The molecule has 1 saturated heterocycles. The number of carbonyl (C=O) groups excluding carboxylic acids is 1. The topological polar surface area (TPSA) is 53.3 Å². The van der Waals surface area contributed by atoms with Crippen molar-refractivity contribution in [2.75, 3.05) is 13.1 Å². The fourth-order valence-electron chi connectivity index (χ4n) is 1.63. The van der Waals surface area contributed by atoms with Crippen molar-refractivity contribution in [3.8, 4) is 6.07 Å². The highest BCUT2D eigenvalue weighted by molar-refractivity contribution is 5.79. The minimum Gasteiger partial charge on any atom is -0.371 e. The summed E-state index contributed by atoms with van der Waals surface area (Å²) in [5.74, 6) is 0.620. The number of ether oxygens (including phenoxy) is 1. The molecule has 4 heteroatoms. The molecule has 4 nitrogen and oxygen atoms in total. The van der Waals surface area contributed by atoms with Crippen LogP contribution in [-0.4, -0.2) is 36.1 Å². The van der Waals surface area contributed by atoms with Crippen LogP contribution >= 0.6 is 0 Å². The molecule has 0 bridgehead atoms. The molecule has 0 aromatic carbocycles. The van der Waals surface area contributed by atoms with Gasteiger partial charge in [-0.15, -0.1) is 0 Å². The van der Waals surface area contributed by atoms with Crippen LogP contribution < -0.4 is 0 Å². The van der Waals surface area contributed by atoms with Gasteiger partial charge >= 0.3 is 0 Å². The van der Waals surface area contributed by atoms with Crippen LogP contribution in [0.1, 0.15) is 19.8 Å². The van der Waals surface area contributed by atoms with Crippen molar-refractivity contribution in [2.24, 2.45) is 5.92 Å². The molecule has 1 unspecified atom stereocenters. The quantitative estimate of drug-likeness (QED) is 0.658. The minimum atomic E-state index is -0.0730. The Balaban J connectivity index is 1.64. The van der Waals surface area contributed by atoms with Gasteiger partial charge in [-0.3, -0.25) is 4.79 Å². The smallest absolute Gasteiger partial charge is 0.236 e. The van der Waals surface area contributed by atoms with Crippen molar-refractivity contribution >= 4 is 5.91 Å². The molecule has 0 radical (unpaired) electrons. The molecule has 0 aromatic heterocycles. The normalized spacial score (nSPS) is 30.7. The molecule has 2 rings (SSSR count). The number of nitriles is 1. The SMILES string of the molecule is CC1C[C@@H]1OC1CN(C(=O)CC#N)C1. The monoisotopic (exact) mass is 194 g/mol. The second-order valence-electron chi connectivity index (χ2n) is 4.14. The molecule has 0 aromatic rings. The van der Waals surface area contributed by atoms with Crippen molar-refractivity contribution in [1.29, 1.82) is 5.26 Å². The maximum atomic E-state index is 11.2. The van der Waals surface area contributed by atoms with E-state index < -0.39 is 0 Å². The largest absolute Gasteiger partial charge is 0.371 e. The van der Waals surface area contributed by atoms with E-state index in [1.807, 2.05) is 6.07 Å². The number of nitrogens with zero attached hydrogens (tertiary/aromatic N) is 2. The van der Waals surface area contributed by atoms with E-state index in [-0.39, 0.29) is 18.4 Å². The van der Waals surface area contributed by atoms with Crippen molar-refractivity contribution in [3.05, 3.63) is 0 Å². The molecule has 0 spiro atoms. The van der Waals surface area contributed by atoms with E-state index in [0.29, 0.717) is 25.1 Å². The molecule has 1 aliphatic heterocycles.